The van der Waals surface area contributed by atoms with Crippen LogP contribution in [0.2, 0.25) is 0 Å². The lowest BCUT2D eigenvalue weighted by molar-refractivity contribution is -0.121. The Morgan fingerprint density at radius 1 is 0.903 bits per heavy atom. The number of nitrogens with one attached hydrogen (secondary N) is 1. The van der Waals surface area contributed by atoms with Crippen LogP contribution in [0.5, 0.6) is 0 Å². The highest BCUT2D eigenvalue weighted by Crippen LogP contribution is 2.19. The maximum Gasteiger partial charge on any atom is 0.257 e. The molecule has 0 radical (unpaired) electrons. The van der Waals surface area contributed by atoms with Crippen LogP contribution in [0, 0.1) is 0 Å². The maximum absolute atomic E-state index is 12.7. The molecule has 156 valence electrons. The Balaban J connectivity index is 1.47. The first-order valence-electron chi connectivity index (χ1n) is 10.0. The van der Waals surface area contributed by atoms with Gasteiger partial charge >= 0.3 is 0 Å². The van der Waals surface area contributed by atoms with Gasteiger partial charge in [-0.15, -0.1) is 5.10 Å². The third-order valence-corrected chi connectivity index (χ3v) is 4.85. The molecule has 4 aromatic rings. The van der Waals surface area contributed by atoms with Gasteiger partial charge in [-0.2, -0.15) is 0 Å². The minimum Gasteiger partial charge on any atom is -0.375 e. The number of rotatable bonds is 8. The van der Waals surface area contributed by atoms with Crippen molar-refractivity contribution in [2.24, 2.45) is 0 Å². The molecular weight excluding hydrogens is 392 g/mol. The second-order valence-electron chi connectivity index (χ2n) is 7.12. The van der Waals surface area contributed by atoms with Gasteiger partial charge in [-0.3, -0.25) is 14.9 Å². The molecule has 0 fully saturated rings. The number of nitrogens with zero attached hydrogens (tertiary/aromatic N) is 3. The van der Waals surface area contributed by atoms with E-state index in [0.29, 0.717) is 12.2 Å². The molecule has 0 spiro atoms. The van der Waals surface area contributed by atoms with Crippen LogP contribution >= 0.6 is 0 Å². The number of benzene rings is 3. The second-order valence-corrected chi connectivity index (χ2v) is 7.12. The van der Waals surface area contributed by atoms with Gasteiger partial charge in [0.25, 0.3) is 5.91 Å². The van der Waals surface area contributed by atoms with Crippen molar-refractivity contribution in [3.63, 3.8) is 0 Å². The number of carbonyl (C=O) groups is 2. The van der Waals surface area contributed by atoms with Crippen molar-refractivity contribution in [2.75, 3.05) is 6.61 Å². The van der Waals surface area contributed by atoms with E-state index >= 15 is 0 Å². The van der Waals surface area contributed by atoms with Crippen LogP contribution in [0.3, 0.4) is 0 Å². The molecule has 2 amide bonds. The van der Waals surface area contributed by atoms with E-state index in [1.54, 1.807) is 28.9 Å². The molecule has 0 aliphatic rings. The number of fused-ring (bicyclic) bond motifs is 1. The van der Waals surface area contributed by atoms with Crippen LogP contribution in [-0.2, 0) is 16.1 Å². The van der Waals surface area contributed by atoms with Crippen LogP contribution in [0.15, 0.2) is 84.9 Å². The van der Waals surface area contributed by atoms with Crippen LogP contribution in [-0.4, -0.2) is 33.4 Å². The molecule has 7 heteroatoms. The van der Waals surface area contributed by atoms with E-state index in [2.05, 4.69) is 15.6 Å². The number of ether oxygens (including phenoxy) is 1. The monoisotopic (exact) mass is 414 g/mol. The number of aromatic nitrogens is 3. The molecule has 3 aromatic carbocycles. The summed E-state index contributed by atoms with van der Waals surface area (Å²) in [6.45, 7) is 0.656. The van der Waals surface area contributed by atoms with Gasteiger partial charge in [0.05, 0.1) is 31.2 Å². The van der Waals surface area contributed by atoms with Crippen molar-refractivity contribution in [3.8, 4) is 0 Å². The van der Waals surface area contributed by atoms with Gasteiger partial charge in [-0.25, -0.2) is 4.68 Å². The van der Waals surface area contributed by atoms with E-state index in [9.17, 15) is 9.59 Å². The van der Waals surface area contributed by atoms with Gasteiger partial charge in [0.1, 0.15) is 5.52 Å². The second kappa shape index (κ2) is 9.77. The zero-order chi connectivity index (χ0) is 21.5. The summed E-state index contributed by atoms with van der Waals surface area (Å²) in [4.78, 5) is 25.0. The Morgan fingerprint density at radius 3 is 2.35 bits per heavy atom. The van der Waals surface area contributed by atoms with Gasteiger partial charge in [-0.05, 0) is 29.8 Å². The third-order valence-electron chi connectivity index (χ3n) is 4.85. The predicted octanol–water partition coefficient (Wildman–Crippen LogP) is 3.54. The number of amides is 2. The number of carbonyl (C=O) groups excluding carboxylic acids is 2. The fourth-order valence-electron chi connectivity index (χ4n) is 3.31. The average molecular weight is 414 g/mol. The normalized spacial score (nSPS) is 11.9. The molecule has 31 heavy (non-hydrogen) atoms. The average Bonchev–Trinajstić information content (AvgIpc) is 3.24. The summed E-state index contributed by atoms with van der Waals surface area (Å²) in [5, 5.41) is 10.9. The van der Waals surface area contributed by atoms with Gasteiger partial charge in [0, 0.05) is 5.56 Å². The van der Waals surface area contributed by atoms with E-state index in [1.807, 2.05) is 60.7 Å². The van der Waals surface area contributed by atoms with Crippen molar-refractivity contribution in [1.82, 2.24) is 20.3 Å². The van der Waals surface area contributed by atoms with E-state index in [-0.39, 0.29) is 13.0 Å². The van der Waals surface area contributed by atoms with E-state index in [4.69, 9.17) is 4.74 Å². The summed E-state index contributed by atoms with van der Waals surface area (Å²) < 4.78 is 7.58. The number of hydrogen-bond acceptors (Lipinski definition) is 5. The largest absolute Gasteiger partial charge is 0.375 e. The SMILES string of the molecule is O=C(CC(COCc1ccccc1)n1nnc2ccccc21)NC(=O)c1ccccc1. The molecule has 1 atom stereocenters. The van der Waals surface area contributed by atoms with Crippen LogP contribution in [0.25, 0.3) is 11.0 Å². The Hall–Kier alpha value is -3.84. The van der Waals surface area contributed by atoms with Crippen LogP contribution in [0.4, 0.5) is 0 Å². The van der Waals surface area contributed by atoms with Crippen LogP contribution < -0.4 is 5.32 Å². The number of para-hydroxylation sites is 1. The first-order valence-corrected chi connectivity index (χ1v) is 10.0. The lowest BCUT2D eigenvalue weighted by Crippen LogP contribution is -2.33. The zero-order valence-electron chi connectivity index (χ0n) is 16.8. The molecule has 0 aliphatic carbocycles. The fraction of sp³-hybridized carbons (Fsp3) is 0.167. The molecule has 1 unspecified atom stereocenters. The van der Waals surface area contributed by atoms with Crippen molar-refractivity contribution < 1.29 is 14.3 Å². The van der Waals surface area contributed by atoms with Gasteiger partial charge in [-0.1, -0.05) is 65.9 Å². The molecule has 4 rings (SSSR count). The van der Waals surface area contributed by atoms with Gasteiger partial charge < -0.3 is 4.74 Å². The smallest absolute Gasteiger partial charge is 0.257 e. The molecule has 1 heterocycles. The predicted molar refractivity (Wildman–Crippen MR) is 116 cm³/mol. The summed E-state index contributed by atoms with van der Waals surface area (Å²) in [6, 6.07) is 25.5. The Morgan fingerprint density at radius 2 is 1.58 bits per heavy atom. The van der Waals surface area contributed by atoms with E-state index in [0.717, 1.165) is 16.6 Å². The van der Waals surface area contributed by atoms with Gasteiger partial charge in [0.2, 0.25) is 5.91 Å². The summed E-state index contributed by atoms with van der Waals surface area (Å²) in [6.07, 6.45) is 0.0285. The quantitative estimate of drug-likeness (QED) is 0.477. The van der Waals surface area contributed by atoms with Crippen LogP contribution in [0.1, 0.15) is 28.4 Å². The topological polar surface area (TPSA) is 86.1 Å². The molecule has 0 bridgehead atoms. The van der Waals surface area contributed by atoms with Crippen molar-refractivity contribution in [1.29, 1.82) is 0 Å². The highest BCUT2D eigenvalue weighted by atomic mass is 16.5. The molecule has 0 aliphatic heterocycles. The molecule has 0 saturated carbocycles. The first-order chi connectivity index (χ1) is 15.2. The zero-order valence-corrected chi connectivity index (χ0v) is 16.8. The maximum atomic E-state index is 12.7. The van der Waals surface area contributed by atoms with Crippen molar-refractivity contribution in [3.05, 3.63) is 96.1 Å². The highest BCUT2D eigenvalue weighted by Gasteiger charge is 2.21. The highest BCUT2D eigenvalue weighted by molar-refractivity contribution is 6.04. The standard InChI is InChI=1S/C24H22N4O3/c29-23(25-24(30)19-11-5-2-6-12-19)15-20(17-31-16-18-9-3-1-4-10-18)28-22-14-8-7-13-21(22)26-27-28/h1-14,20H,15-17H2,(H,25,29,30). The summed E-state index contributed by atoms with van der Waals surface area (Å²) in [5.74, 6) is -0.834. The van der Waals surface area contributed by atoms with E-state index < -0.39 is 17.9 Å². The number of hydrogen-bond donors (Lipinski definition) is 1. The molecule has 0 saturated heterocycles. The fourth-order valence-corrected chi connectivity index (χ4v) is 3.31. The Kier molecular flexibility index (Phi) is 6.44. The minimum atomic E-state index is -0.432. The molecular formula is C24H22N4O3. The Bertz CT molecular complexity index is 1160. The number of imide groups is 1. The lowest BCUT2D eigenvalue weighted by Gasteiger charge is -2.18. The Labute approximate surface area is 179 Å². The van der Waals surface area contributed by atoms with Crippen molar-refractivity contribution >= 4 is 22.8 Å². The summed E-state index contributed by atoms with van der Waals surface area (Å²) >= 11 is 0. The summed E-state index contributed by atoms with van der Waals surface area (Å²) in [5.41, 5.74) is 3.00. The minimum absolute atomic E-state index is 0.0285. The molecule has 1 N–H and O–H groups in total. The van der Waals surface area contributed by atoms with Gasteiger partial charge in [0.15, 0.2) is 0 Å². The first kappa shape index (κ1) is 20.4. The molecule has 7 nitrogen and oxygen atoms in total. The van der Waals surface area contributed by atoms with Crippen molar-refractivity contribution in [2.45, 2.75) is 19.1 Å². The third kappa shape index (κ3) is 5.21. The molecule has 1 aromatic heterocycles. The lowest BCUT2D eigenvalue weighted by atomic mass is 10.1. The van der Waals surface area contributed by atoms with E-state index in [1.165, 1.54) is 0 Å². The summed E-state index contributed by atoms with van der Waals surface area (Å²) in [7, 11) is 0.